The standard InChI is InChI=1S/C21H19N3O3/c1-26-19-3-2-4-20(13-19)27-15-17-5-7-18(8-6-17)21(25)24-23-14-16-9-11-22-12-10-16/h2-14H,15H2,1H3,(H,24,25). The van der Waals surface area contributed by atoms with Gasteiger partial charge < -0.3 is 9.47 Å². The van der Waals surface area contributed by atoms with E-state index in [-0.39, 0.29) is 5.91 Å². The molecule has 3 aromatic rings. The number of pyridine rings is 1. The molecule has 0 saturated carbocycles. The molecule has 6 heteroatoms. The first kappa shape index (κ1) is 18.1. The van der Waals surface area contributed by atoms with Gasteiger partial charge in [0.05, 0.1) is 13.3 Å². The van der Waals surface area contributed by atoms with Crippen molar-refractivity contribution >= 4 is 12.1 Å². The second-order valence-electron chi connectivity index (χ2n) is 5.64. The number of nitrogens with one attached hydrogen (secondary N) is 1. The monoisotopic (exact) mass is 361 g/mol. The van der Waals surface area contributed by atoms with Crippen LogP contribution in [0.2, 0.25) is 0 Å². The van der Waals surface area contributed by atoms with Gasteiger partial charge in [0.1, 0.15) is 18.1 Å². The van der Waals surface area contributed by atoms with E-state index >= 15 is 0 Å². The number of hydrogen-bond donors (Lipinski definition) is 1. The Kier molecular flexibility index (Phi) is 6.14. The first-order valence-electron chi connectivity index (χ1n) is 8.34. The molecule has 136 valence electrons. The van der Waals surface area contributed by atoms with E-state index in [1.807, 2.05) is 36.4 Å². The quantitative estimate of drug-likeness (QED) is 0.517. The van der Waals surface area contributed by atoms with Crippen molar-refractivity contribution in [3.8, 4) is 11.5 Å². The normalized spacial score (nSPS) is 10.6. The largest absolute Gasteiger partial charge is 0.497 e. The van der Waals surface area contributed by atoms with E-state index in [4.69, 9.17) is 9.47 Å². The van der Waals surface area contributed by atoms with Gasteiger partial charge in [0, 0.05) is 24.0 Å². The van der Waals surface area contributed by atoms with Crippen LogP contribution in [-0.4, -0.2) is 24.2 Å². The molecule has 0 unspecified atom stereocenters. The van der Waals surface area contributed by atoms with Crippen LogP contribution >= 0.6 is 0 Å². The molecule has 6 nitrogen and oxygen atoms in total. The zero-order valence-corrected chi connectivity index (χ0v) is 14.8. The summed E-state index contributed by atoms with van der Waals surface area (Å²) in [5, 5.41) is 3.94. The Hall–Kier alpha value is -3.67. The summed E-state index contributed by atoms with van der Waals surface area (Å²) in [6, 6.07) is 18.2. The highest BCUT2D eigenvalue weighted by atomic mass is 16.5. The summed E-state index contributed by atoms with van der Waals surface area (Å²) in [7, 11) is 1.62. The van der Waals surface area contributed by atoms with Crippen molar-refractivity contribution in [2.45, 2.75) is 6.61 Å². The fourth-order valence-corrected chi connectivity index (χ4v) is 2.29. The van der Waals surface area contributed by atoms with Crippen LogP contribution in [0.1, 0.15) is 21.5 Å². The van der Waals surface area contributed by atoms with Crippen LogP contribution in [0.15, 0.2) is 78.2 Å². The van der Waals surface area contributed by atoms with Crippen molar-refractivity contribution in [3.63, 3.8) is 0 Å². The lowest BCUT2D eigenvalue weighted by atomic mass is 10.1. The maximum absolute atomic E-state index is 12.1. The fourth-order valence-electron chi connectivity index (χ4n) is 2.29. The van der Waals surface area contributed by atoms with Crippen LogP contribution in [0.5, 0.6) is 11.5 Å². The topological polar surface area (TPSA) is 72.8 Å². The van der Waals surface area contributed by atoms with E-state index < -0.39 is 0 Å². The SMILES string of the molecule is COc1cccc(OCc2ccc(C(=O)NN=Cc3ccncc3)cc2)c1. The lowest BCUT2D eigenvalue weighted by Crippen LogP contribution is -2.17. The highest BCUT2D eigenvalue weighted by molar-refractivity contribution is 5.94. The zero-order chi connectivity index (χ0) is 18.9. The number of hydrazone groups is 1. The lowest BCUT2D eigenvalue weighted by Gasteiger charge is -2.08. The lowest BCUT2D eigenvalue weighted by molar-refractivity contribution is 0.0955. The van der Waals surface area contributed by atoms with Gasteiger partial charge in [-0.05, 0) is 47.5 Å². The van der Waals surface area contributed by atoms with Gasteiger partial charge in [-0.1, -0.05) is 18.2 Å². The number of methoxy groups -OCH3 is 1. The highest BCUT2D eigenvalue weighted by Crippen LogP contribution is 2.20. The number of carbonyl (C=O) groups is 1. The van der Waals surface area contributed by atoms with Crippen LogP contribution < -0.4 is 14.9 Å². The fraction of sp³-hybridized carbons (Fsp3) is 0.0952. The highest BCUT2D eigenvalue weighted by Gasteiger charge is 2.04. The summed E-state index contributed by atoms with van der Waals surface area (Å²) >= 11 is 0. The number of benzene rings is 2. The Bertz CT molecular complexity index is 909. The van der Waals surface area contributed by atoms with Crippen LogP contribution in [0, 0.1) is 0 Å². The number of amides is 1. The first-order chi connectivity index (χ1) is 13.2. The van der Waals surface area contributed by atoms with Crippen molar-refractivity contribution in [2.75, 3.05) is 7.11 Å². The van der Waals surface area contributed by atoms with Crippen LogP contribution in [-0.2, 0) is 6.61 Å². The number of hydrogen-bond acceptors (Lipinski definition) is 5. The molecule has 3 rings (SSSR count). The van der Waals surface area contributed by atoms with E-state index in [9.17, 15) is 4.79 Å². The minimum atomic E-state index is -0.277. The molecule has 1 heterocycles. The average molecular weight is 361 g/mol. The predicted molar refractivity (Wildman–Crippen MR) is 103 cm³/mol. The molecule has 2 aromatic carbocycles. The molecule has 0 atom stereocenters. The number of rotatable bonds is 7. The third kappa shape index (κ3) is 5.40. The Morgan fingerprint density at radius 1 is 1.07 bits per heavy atom. The third-order valence-electron chi connectivity index (χ3n) is 3.75. The number of carbonyl (C=O) groups excluding carboxylic acids is 1. The van der Waals surface area contributed by atoms with Gasteiger partial charge in [-0.15, -0.1) is 0 Å². The third-order valence-corrected chi connectivity index (χ3v) is 3.75. The predicted octanol–water partition coefficient (Wildman–Crippen LogP) is 3.43. The van der Waals surface area contributed by atoms with Crippen LogP contribution in [0.3, 0.4) is 0 Å². The molecule has 0 radical (unpaired) electrons. The summed E-state index contributed by atoms with van der Waals surface area (Å²) in [6.45, 7) is 0.398. The molecule has 27 heavy (non-hydrogen) atoms. The summed E-state index contributed by atoms with van der Waals surface area (Å²) in [4.78, 5) is 16.0. The van der Waals surface area contributed by atoms with E-state index in [2.05, 4.69) is 15.5 Å². The minimum Gasteiger partial charge on any atom is -0.497 e. The van der Waals surface area contributed by atoms with E-state index in [1.54, 1.807) is 50.0 Å². The summed E-state index contributed by atoms with van der Waals surface area (Å²) in [6.07, 6.45) is 4.89. The van der Waals surface area contributed by atoms with Gasteiger partial charge in [0.15, 0.2) is 0 Å². The second kappa shape index (κ2) is 9.15. The summed E-state index contributed by atoms with van der Waals surface area (Å²) in [5.74, 6) is 1.19. The van der Waals surface area contributed by atoms with Crippen molar-refractivity contribution in [3.05, 3.63) is 89.7 Å². The van der Waals surface area contributed by atoms with Gasteiger partial charge in [-0.3, -0.25) is 9.78 Å². The van der Waals surface area contributed by atoms with Gasteiger partial charge in [0.2, 0.25) is 0 Å². The van der Waals surface area contributed by atoms with Gasteiger partial charge in [-0.25, -0.2) is 5.43 Å². The second-order valence-corrected chi connectivity index (χ2v) is 5.64. The Labute approximate surface area is 157 Å². The summed E-state index contributed by atoms with van der Waals surface area (Å²) < 4.78 is 10.9. The van der Waals surface area contributed by atoms with E-state index in [0.717, 1.165) is 22.6 Å². The van der Waals surface area contributed by atoms with Crippen molar-refractivity contribution in [2.24, 2.45) is 5.10 Å². The van der Waals surface area contributed by atoms with E-state index in [0.29, 0.717) is 12.2 Å². The molecule has 0 aliphatic heterocycles. The molecule has 0 aliphatic carbocycles. The maximum atomic E-state index is 12.1. The molecular weight excluding hydrogens is 342 g/mol. The minimum absolute atomic E-state index is 0.277. The number of ether oxygens (including phenoxy) is 2. The van der Waals surface area contributed by atoms with Crippen molar-refractivity contribution in [1.82, 2.24) is 10.4 Å². The van der Waals surface area contributed by atoms with Crippen molar-refractivity contribution in [1.29, 1.82) is 0 Å². The Morgan fingerprint density at radius 2 is 1.81 bits per heavy atom. The van der Waals surface area contributed by atoms with E-state index in [1.165, 1.54) is 0 Å². The smallest absolute Gasteiger partial charge is 0.271 e. The van der Waals surface area contributed by atoms with Crippen molar-refractivity contribution < 1.29 is 14.3 Å². The molecular formula is C21H19N3O3. The molecule has 0 bridgehead atoms. The van der Waals surface area contributed by atoms with Gasteiger partial charge >= 0.3 is 0 Å². The van der Waals surface area contributed by atoms with Crippen LogP contribution in [0.25, 0.3) is 0 Å². The molecule has 0 fully saturated rings. The van der Waals surface area contributed by atoms with Gasteiger partial charge in [-0.2, -0.15) is 5.10 Å². The first-order valence-corrected chi connectivity index (χ1v) is 8.34. The number of nitrogens with zero attached hydrogens (tertiary/aromatic N) is 2. The summed E-state index contributed by atoms with van der Waals surface area (Å²) in [5.41, 5.74) is 4.83. The maximum Gasteiger partial charge on any atom is 0.271 e. The Morgan fingerprint density at radius 3 is 2.56 bits per heavy atom. The molecule has 0 aliphatic rings. The molecule has 1 N–H and O–H groups in total. The Balaban J connectivity index is 1.53. The molecule has 1 amide bonds. The average Bonchev–Trinajstić information content (AvgIpc) is 2.73. The zero-order valence-electron chi connectivity index (χ0n) is 14.8. The van der Waals surface area contributed by atoms with Gasteiger partial charge in [0.25, 0.3) is 5.91 Å². The number of aromatic nitrogens is 1. The molecule has 0 saturated heterocycles. The molecule has 0 spiro atoms. The molecule has 1 aromatic heterocycles. The van der Waals surface area contributed by atoms with Crippen LogP contribution in [0.4, 0.5) is 0 Å².